The van der Waals surface area contributed by atoms with Crippen LogP contribution < -0.4 is 10.6 Å². The number of thiophene rings is 1. The van der Waals surface area contributed by atoms with Crippen LogP contribution in [0.2, 0.25) is 0 Å². The van der Waals surface area contributed by atoms with E-state index in [1.807, 2.05) is 18.7 Å². The van der Waals surface area contributed by atoms with Crippen LogP contribution in [0.15, 0.2) is 21.7 Å². The van der Waals surface area contributed by atoms with Crippen LogP contribution in [0.5, 0.6) is 0 Å². The predicted molar refractivity (Wildman–Crippen MR) is 95.9 cm³/mol. The topological polar surface area (TPSA) is 98.8 Å². The fourth-order valence-electron chi connectivity index (χ4n) is 2.40. The first kappa shape index (κ1) is 19.8. The number of piperazine rings is 1. The molecule has 2 rings (SSSR count). The number of rotatable bonds is 6. The predicted octanol–water partition coefficient (Wildman–Crippen LogP) is 0.679. The van der Waals surface area contributed by atoms with Crippen molar-refractivity contribution in [2.24, 2.45) is 0 Å². The Morgan fingerprint density at radius 2 is 1.96 bits per heavy atom. The molecule has 1 aromatic rings. The minimum absolute atomic E-state index is 0.00111. The summed E-state index contributed by atoms with van der Waals surface area (Å²) in [5.41, 5.74) is 0. The molecule has 1 saturated heterocycles. The number of nitrogens with one attached hydrogen (secondary N) is 2. The third kappa shape index (κ3) is 5.50. The van der Waals surface area contributed by atoms with Crippen LogP contribution in [0, 0.1) is 0 Å². The third-order valence-corrected chi connectivity index (χ3v) is 7.30. The van der Waals surface area contributed by atoms with Crippen LogP contribution in [0.1, 0.15) is 20.3 Å². The molecule has 0 aromatic carbocycles. The molecule has 0 bridgehead atoms. The molecule has 2 N–H and O–H groups in total. The molecule has 0 aliphatic carbocycles. The SMILES string of the molecule is CC[C@@H](C)NC(=O)NC(=O)CN1CCN(S(=O)(=O)c2cccs2)CC1. The zero-order chi connectivity index (χ0) is 18.4. The van der Waals surface area contributed by atoms with E-state index in [4.69, 9.17) is 0 Å². The van der Waals surface area contributed by atoms with Gasteiger partial charge in [0.15, 0.2) is 0 Å². The van der Waals surface area contributed by atoms with Gasteiger partial charge in [-0.25, -0.2) is 13.2 Å². The van der Waals surface area contributed by atoms with E-state index in [2.05, 4.69) is 10.6 Å². The Morgan fingerprint density at radius 1 is 1.28 bits per heavy atom. The van der Waals surface area contributed by atoms with Gasteiger partial charge < -0.3 is 5.32 Å². The zero-order valence-corrected chi connectivity index (χ0v) is 16.0. The Kier molecular flexibility index (Phi) is 6.94. The Bertz CT molecular complexity index is 682. The molecule has 1 fully saturated rings. The van der Waals surface area contributed by atoms with Gasteiger partial charge in [0.1, 0.15) is 4.21 Å². The van der Waals surface area contributed by atoms with Crippen LogP contribution in [-0.4, -0.2) is 68.3 Å². The van der Waals surface area contributed by atoms with Crippen molar-refractivity contribution >= 4 is 33.3 Å². The summed E-state index contributed by atoms with van der Waals surface area (Å²) >= 11 is 1.20. The van der Waals surface area contributed by atoms with Gasteiger partial charge in [-0.05, 0) is 24.8 Å². The van der Waals surface area contributed by atoms with Gasteiger partial charge in [0, 0.05) is 32.2 Å². The lowest BCUT2D eigenvalue weighted by Crippen LogP contribution is -2.52. The van der Waals surface area contributed by atoms with Crippen molar-refractivity contribution in [3.63, 3.8) is 0 Å². The van der Waals surface area contributed by atoms with Crippen LogP contribution >= 0.6 is 11.3 Å². The van der Waals surface area contributed by atoms with Crippen molar-refractivity contribution in [1.82, 2.24) is 19.8 Å². The van der Waals surface area contributed by atoms with Gasteiger partial charge in [-0.3, -0.25) is 15.0 Å². The van der Waals surface area contributed by atoms with Gasteiger partial charge in [0.05, 0.1) is 6.54 Å². The molecule has 10 heteroatoms. The summed E-state index contributed by atoms with van der Waals surface area (Å²) in [6.07, 6.45) is 0.780. The van der Waals surface area contributed by atoms with E-state index >= 15 is 0 Å². The zero-order valence-electron chi connectivity index (χ0n) is 14.4. The van der Waals surface area contributed by atoms with E-state index in [9.17, 15) is 18.0 Å². The number of nitrogens with zero attached hydrogens (tertiary/aromatic N) is 2. The van der Waals surface area contributed by atoms with Crippen molar-refractivity contribution in [2.75, 3.05) is 32.7 Å². The lowest BCUT2D eigenvalue weighted by Gasteiger charge is -2.33. The number of hydrogen-bond donors (Lipinski definition) is 2. The first-order valence-electron chi connectivity index (χ1n) is 8.19. The summed E-state index contributed by atoms with van der Waals surface area (Å²) in [6, 6.07) is 2.80. The quantitative estimate of drug-likeness (QED) is 0.747. The number of carbonyl (C=O) groups is 2. The number of carbonyl (C=O) groups excluding carboxylic acids is 2. The average molecular weight is 389 g/mol. The van der Waals surface area contributed by atoms with Gasteiger partial charge in [-0.15, -0.1) is 11.3 Å². The van der Waals surface area contributed by atoms with E-state index in [0.717, 1.165) is 6.42 Å². The van der Waals surface area contributed by atoms with Crippen molar-refractivity contribution in [3.05, 3.63) is 17.5 Å². The molecule has 140 valence electrons. The molecule has 0 radical (unpaired) electrons. The molecular weight excluding hydrogens is 364 g/mol. The molecular formula is C15H24N4O4S2. The van der Waals surface area contributed by atoms with Gasteiger partial charge in [-0.1, -0.05) is 13.0 Å². The molecule has 8 nitrogen and oxygen atoms in total. The third-order valence-electron chi connectivity index (χ3n) is 4.03. The highest BCUT2D eigenvalue weighted by Crippen LogP contribution is 2.21. The Balaban J connectivity index is 1.79. The summed E-state index contributed by atoms with van der Waals surface area (Å²) in [7, 11) is -3.45. The fraction of sp³-hybridized carbons (Fsp3) is 0.600. The van der Waals surface area contributed by atoms with Gasteiger partial charge >= 0.3 is 6.03 Å². The second kappa shape index (κ2) is 8.75. The van der Waals surface area contributed by atoms with E-state index in [1.165, 1.54) is 15.6 Å². The fourth-order valence-corrected chi connectivity index (χ4v) is 4.96. The van der Waals surface area contributed by atoms with Crippen molar-refractivity contribution in [3.8, 4) is 0 Å². The summed E-state index contributed by atoms with van der Waals surface area (Å²) in [5.74, 6) is -0.393. The minimum Gasteiger partial charge on any atom is -0.335 e. The largest absolute Gasteiger partial charge is 0.335 e. The van der Waals surface area contributed by atoms with Crippen LogP contribution in [-0.2, 0) is 14.8 Å². The highest BCUT2D eigenvalue weighted by molar-refractivity contribution is 7.91. The first-order valence-corrected chi connectivity index (χ1v) is 10.5. The molecule has 0 saturated carbocycles. The summed E-state index contributed by atoms with van der Waals surface area (Å²) in [6.45, 7) is 5.42. The van der Waals surface area contributed by atoms with Crippen LogP contribution in [0.4, 0.5) is 4.79 Å². The lowest BCUT2D eigenvalue weighted by atomic mass is 10.3. The molecule has 1 aromatic heterocycles. The highest BCUT2D eigenvalue weighted by Gasteiger charge is 2.29. The van der Waals surface area contributed by atoms with Crippen molar-refractivity contribution < 1.29 is 18.0 Å². The average Bonchev–Trinajstić information content (AvgIpc) is 3.10. The molecule has 1 atom stereocenters. The number of sulfonamides is 1. The Labute approximate surface area is 152 Å². The Morgan fingerprint density at radius 3 is 2.52 bits per heavy atom. The molecule has 25 heavy (non-hydrogen) atoms. The van der Waals surface area contributed by atoms with Gasteiger partial charge in [0.25, 0.3) is 10.0 Å². The van der Waals surface area contributed by atoms with Gasteiger partial charge in [0.2, 0.25) is 5.91 Å². The first-order chi connectivity index (χ1) is 11.8. The second-order valence-electron chi connectivity index (χ2n) is 5.94. The Hall–Kier alpha value is -1.49. The minimum atomic E-state index is -3.45. The maximum atomic E-state index is 12.4. The van der Waals surface area contributed by atoms with Crippen molar-refractivity contribution in [2.45, 2.75) is 30.5 Å². The normalized spacial score (nSPS) is 17.8. The second-order valence-corrected chi connectivity index (χ2v) is 9.06. The number of amides is 3. The van der Waals surface area contributed by atoms with Crippen LogP contribution in [0.3, 0.4) is 0 Å². The molecule has 1 aliphatic rings. The van der Waals surface area contributed by atoms with Crippen LogP contribution in [0.25, 0.3) is 0 Å². The molecule has 3 amide bonds. The van der Waals surface area contributed by atoms with Crippen molar-refractivity contribution in [1.29, 1.82) is 0 Å². The van der Waals surface area contributed by atoms with E-state index in [-0.39, 0.29) is 12.6 Å². The lowest BCUT2D eigenvalue weighted by molar-refractivity contribution is -0.121. The number of urea groups is 1. The molecule has 0 spiro atoms. The number of hydrogen-bond acceptors (Lipinski definition) is 6. The summed E-state index contributed by atoms with van der Waals surface area (Å²) in [5, 5.41) is 6.69. The van der Waals surface area contributed by atoms with E-state index in [1.54, 1.807) is 17.5 Å². The standard InChI is InChI=1S/C15H24N4O4S2/c1-3-12(2)16-15(21)17-13(20)11-18-6-8-19(9-7-18)25(22,23)14-5-4-10-24-14/h4-5,10,12H,3,6-9,11H2,1-2H3,(H2,16,17,20,21)/t12-/m1/s1. The monoisotopic (exact) mass is 388 g/mol. The number of imide groups is 1. The smallest absolute Gasteiger partial charge is 0.321 e. The van der Waals surface area contributed by atoms with E-state index in [0.29, 0.717) is 30.4 Å². The summed E-state index contributed by atoms with van der Waals surface area (Å²) in [4.78, 5) is 25.4. The van der Waals surface area contributed by atoms with Gasteiger partial charge in [-0.2, -0.15) is 4.31 Å². The van der Waals surface area contributed by atoms with E-state index < -0.39 is 22.0 Å². The maximum Gasteiger partial charge on any atom is 0.321 e. The highest BCUT2D eigenvalue weighted by atomic mass is 32.2. The summed E-state index contributed by atoms with van der Waals surface area (Å²) < 4.78 is 26.6. The maximum absolute atomic E-state index is 12.4. The molecule has 2 heterocycles. The molecule has 0 unspecified atom stereocenters. The molecule has 1 aliphatic heterocycles.